The molecule has 0 atom stereocenters. The van der Waals surface area contributed by atoms with Crippen LogP contribution in [0.5, 0.6) is 0 Å². The lowest BCUT2D eigenvalue weighted by atomic mass is 9.93. The standard InChI is InChI=1S/C17H14ClN3O/c18-14-3-1-2-13(12(8-19)9-20)17(14)10-4-5-15-11(6-10)7-16(22)21-15/h1-6,8-9,19H,7,20H2,(H,21,22). The van der Waals surface area contributed by atoms with E-state index in [4.69, 9.17) is 22.7 Å². The van der Waals surface area contributed by atoms with E-state index < -0.39 is 0 Å². The summed E-state index contributed by atoms with van der Waals surface area (Å²) in [5.74, 6) is -0.00596. The summed E-state index contributed by atoms with van der Waals surface area (Å²) in [5, 5.41) is 10.9. The van der Waals surface area contributed by atoms with Crippen molar-refractivity contribution in [1.29, 1.82) is 5.41 Å². The van der Waals surface area contributed by atoms with Gasteiger partial charge in [0.15, 0.2) is 0 Å². The minimum atomic E-state index is -0.00596. The first kappa shape index (κ1) is 14.4. The normalized spacial score (nSPS) is 13.7. The Kier molecular flexibility index (Phi) is 3.69. The molecule has 3 rings (SSSR count). The number of hydrogen-bond donors (Lipinski definition) is 3. The van der Waals surface area contributed by atoms with Crippen molar-refractivity contribution in [2.24, 2.45) is 5.73 Å². The number of nitrogens with one attached hydrogen (secondary N) is 2. The second kappa shape index (κ2) is 5.66. The Hall–Kier alpha value is -2.59. The largest absolute Gasteiger partial charge is 0.404 e. The third-order valence-corrected chi connectivity index (χ3v) is 3.99. The number of rotatable bonds is 3. The molecule has 0 aliphatic carbocycles. The van der Waals surface area contributed by atoms with E-state index in [0.29, 0.717) is 17.0 Å². The molecule has 0 saturated carbocycles. The summed E-state index contributed by atoms with van der Waals surface area (Å²) in [6.45, 7) is 0. The Morgan fingerprint density at radius 1 is 1.32 bits per heavy atom. The highest BCUT2D eigenvalue weighted by atomic mass is 35.5. The first-order valence-corrected chi connectivity index (χ1v) is 7.16. The molecule has 4 N–H and O–H groups in total. The second-order valence-corrected chi connectivity index (χ2v) is 5.43. The van der Waals surface area contributed by atoms with Gasteiger partial charge in [0, 0.05) is 34.3 Å². The monoisotopic (exact) mass is 311 g/mol. The minimum Gasteiger partial charge on any atom is -0.404 e. The maximum absolute atomic E-state index is 11.5. The van der Waals surface area contributed by atoms with Gasteiger partial charge in [-0.15, -0.1) is 0 Å². The lowest BCUT2D eigenvalue weighted by Crippen LogP contribution is -2.03. The number of anilines is 1. The van der Waals surface area contributed by atoms with Crippen LogP contribution in [0.15, 0.2) is 42.6 Å². The number of carbonyl (C=O) groups is 1. The molecular formula is C17H14ClN3O. The number of benzene rings is 2. The van der Waals surface area contributed by atoms with E-state index in [2.05, 4.69) is 5.32 Å². The summed E-state index contributed by atoms with van der Waals surface area (Å²) in [5.41, 5.74) is 10.5. The van der Waals surface area contributed by atoms with Gasteiger partial charge in [-0.1, -0.05) is 29.8 Å². The van der Waals surface area contributed by atoms with Crippen molar-refractivity contribution in [3.63, 3.8) is 0 Å². The number of halogens is 1. The smallest absolute Gasteiger partial charge is 0.228 e. The van der Waals surface area contributed by atoms with Crippen LogP contribution in [-0.2, 0) is 11.2 Å². The Balaban J connectivity index is 2.19. The Morgan fingerprint density at radius 3 is 2.86 bits per heavy atom. The van der Waals surface area contributed by atoms with Gasteiger partial charge in [0.2, 0.25) is 5.91 Å². The van der Waals surface area contributed by atoms with Crippen molar-refractivity contribution in [2.45, 2.75) is 6.42 Å². The molecule has 0 aromatic heterocycles. The van der Waals surface area contributed by atoms with Gasteiger partial charge in [-0.25, -0.2) is 0 Å². The zero-order valence-corrected chi connectivity index (χ0v) is 12.4. The molecule has 5 heteroatoms. The predicted octanol–water partition coefficient (Wildman–Crippen LogP) is 3.45. The van der Waals surface area contributed by atoms with E-state index in [1.807, 2.05) is 30.3 Å². The first-order valence-electron chi connectivity index (χ1n) is 6.78. The molecule has 1 aliphatic heterocycles. The van der Waals surface area contributed by atoms with Gasteiger partial charge in [-0.3, -0.25) is 4.79 Å². The van der Waals surface area contributed by atoms with Gasteiger partial charge < -0.3 is 16.5 Å². The van der Waals surface area contributed by atoms with Crippen LogP contribution in [0.1, 0.15) is 11.1 Å². The lowest BCUT2D eigenvalue weighted by molar-refractivity contribution is -0.115. The maximum Gasteiger partial charge on any atom is 0.228 e. The molecule has 0 unspecified atom stereocenters. The summed E-state index contributed by atoms with van der Waals surface area (Å²) in [7, 11) is 0. The van der Waals surface area contributed by atoms with E-state index in [-0.39, 0.29) is 5.91 Å². The Morgan fingerprint density at radius 2 is 2.14 bits per heavy atom. The van der Waals surface area contributed by atoms with Crippen LogP contribution < -0.4 is 11.1 Å². The molecule has 0 fully saturated rings. The SMILES string of the molecule is N=CC(=CN)c1cccc(Cl)c1-c1ccc2c(c1)CC(=O)N2. The highest BCUT2D eigenvalue weighted by Crippen LogP contribution is 2.37. The predicted molar refractivity (Wildman–Crippen MR) is 90.2 cm³/mol. The fraction of sp³-hybridized carbons (Fsp3) is 0.0588. The van der Waals surface area contributed by atoms with Gasteiger partial charge in [-0.05, 0) is 34.9 Å². The van der Waals surface area contributed by atoms with Gasteiger partial charge in [0.05, 0.1) is 6.42 Å². The molecule has 1 heterocycles. The van der Waals surface area contributed by atoms with Crippen LogP contribution in [0.3, 0.4) is 0 Å². The number of hydrogen-bond acceptors (Lipinski definition) is 3. The van der Waals surface area contributed by atoms with Gasteiger partial charge >= 0.3 is 0 Å². The van der Waals surface area contributed by atoms with Gasteiger partial charge in [0.25, 0.3) is 0 Å². The summed E-state index contributed by atoms with van der Waals surface area (Å²) >= 11 is 6.38. The molecule has 2 aromatic rings. The third kappa shape index (κ3) is 2.38. The van der Waals surface area contributed by atoms with Crippen molar-refractivity contribution in [1.82, 2.24) is 0 Å². The zero-order chi connectivity index (χ0) is 15.7. The number of nitrogens with two attached hydrogens (primary N) is 1. The molecule has 0 radical (unpaired) electrons. The van der Waals surface area contributed by atoms with Crippen LogP contribution in [0.25, 0.3) is 16.7 Å². The average Bonchev–Trinajstić information content (AvgIpc) is 2.88. The molecule has 2 aromatic carbocycles. The Labute approximate surface area is 133 Å². The highest BCUT2D eigenvalue weighted by Gasteiger charge is 2.19. The van der Waals surface area contributed by atoms with E-state index in [9.17, 15) is 4.79 Å². The van der Waals surface area contributed by atoms with Crippen LogP contribution in [0, 0.1) is 5.41 Å². The number of carbonyl (C=O) groups excluding carboxylic acids is 1. The molecule has 0 saturated heterocycles. The van der Waals surface area contributed by atoms with Crippen LogP contribution in [0.2, 0.25) is 5.02 Å². The lowest BCUT2D eigenvalue weighted by Gasteiger charge is -2.13. The van der Waals surface area contributed by atoms with E-state index >= 15 is 0 Å². The molecule has 1 aliphatic rings. The zero-order valence-electron chi connectivity index (χ0n) is 11.7. The molecule has 0 bridgehead atoms. The molecule has 110 valence electrons. The molecular weight excluding hydrogens is 298 g/mol. The van der Waals surface area contributed by atoms with E-state index in [1.54, 1.807) is 6.07 Å². The minimum absolute atomic E-state index is 0.00596. The summed E-state index contributed by atoms with van der Waals surface area (Å²) < 4.78 is 0. The van der Waals surface area contributed by atoms with Crippen molar-refractivity contribution in [3.05, 3.63) is 58.7 Å². The van der Waals surface area contributed by atoms with Crippen molar-refractivity contribution in [3.8, 4) is 11.1 Å². The third-order valence-electron chi connectivity index (χ3n) is 3.68. The highest BCUT2D eigenvalue weighted by molar-refractivity contribution is 6.34. The van der Waals surface area contributed by atoms with Crippen molar-refractivity contribution < 1.29 is 4.79 Å². The fourth-order valence-corrected chi connectivity index (χ4v) is 2.94. The first-order chi connectivity index (χ1) is 10.6. The summed E-state index contributed by atoms with van der Waals surface area (Å²) in [6, 6.07) is 11.2. The quantitative estimate of drug-likeness (QED) is 0.759. The van der Waals surface area contributed by atoms with Crippen LogP contribution in [0.4, 0.5) is 5.69 Å². The molecule has 1 amide bonds. The topological polar surface area (TPSA) is 79.0 Å². The molecule has 4 nitrogen and oxygen atoms in total. The summed E-state index contributed by atoms with van der Waals surface area (Å²) in [6.07, 6.45) is 2.96. The van der Waals surface area contributed by atoms with E-state index in [0.717, 1.165) is 27.9 Å². The number of fused-ring (bicyclic) bond motifs is 1. The summed E-state index contributed by atoms with van der Waals surface area (Å²) in [4.78, 5) is 11.5. The fourth-order valence-electron chi connectivity index (χ4n) is 2.66. The maximum atomic E-state index is 11.5. The van der Waals surface area contributed by atoms with Gasteiger partial charge in [0.1, 0.15) is 0 Å². The molecule has 0 spiro atoms. The van der Waals surface area contributed by atoms with Crippen molar-refractivity contribution in [2.75, 3.05) is 5.32 Å². The van der Waals surface area contributed by atoms with Crippen LogP contribution >= 0.6 is 11.6 Å². The van der Waals surface area contributed by atoms with E-state index in [1.165, 1.54) is 12.4 Å². The van der Waals surface area contributed by atoms with Crippen LogP contribution in [-0.4, -0.2) is 12.1 Å². The Bertz CT molecular complexity index is 812. The van der Waals surface area contributed by atoms with Crippen molar-refractivity contribution >= 4 is 35.0 Å². The second-order valence-electron chi connectivity index (χ2n) is 5.03. The average molecular weight is 312 g/mol. The molecule has 22 heavy (non-hydrogen) atoms. The number of amides is 1. The van der Waals surface area contributed by atoms with Gasteiger partial charge in [-0.2, -0.15) is 0 Å². The number of allylic oxidation sites excluding steroid dienone is 1.